The first-order valence-electron chi connectivity index (χ1n) is 11.4. The summed E-state index contributed by atoms with van der Waals surface area (Å²) in [6.45, 7) is 5.75. The fourth-order valence-electron chi connectivity index (χ4n) is 4.66. The third-order valence-electron chi connectivity index (χ3n) is 6.37. The number of carbonyl (C=O) groups is 1. The van der Waals surface area contributed by atoms with E-state index in [1.807, 2.05) is 12.1 Å². The summed E-state index contributed by atoms with van der Waals surface area (Å²) in [7, 11) is 0. The van der Waals surface area contributed by atoms with Crippen molar-refractivity contribution in [3.05, 3.63) is 24.3 Å². The van der Waals surface area contributed by atoms with Gasteiger partial charge in [-0.1, -0.05) is 19.3 Å². The molecular weight excluding hydrogens is 366 g/mol. The molecule has 4 rings (SSSR count). The van der Waals surface area contributed by atoms with Crippen molar-refractivity contribution in [2.24, 2.45) is 0 Å². The molecule has 1 N–H and O–H groups in total. The Morgan fingerprint density at radius 2 is 1.59 bits per heavy atom. The van der Waals surface area contributed by atoms with E-state index in [1.165, 1.54) is 37.8 Å². The summed E-state index contributed by atoms with van der Waals surface area (Å²) >= 11 is 0. The highest BCUT2D eigenvalue weighted by molar-refractivity contribution is 5.92. The molecule has 0 bridgehead atoms. The van der Waals surface area contributed by atoms with Crippen molar-refractivity contribution in [2.45, 2.75) is 57.2 Å². The SMILES string of the molecule is O=C(CN1CCC(OC2CCCCC2)CC1)Nc1ccc(N2CCOCC2)cc1. The zero-order valence-corrected chi connectivity index (χ0v) is 17.5. The molecule has 6 heteroatoms. The van der Waals surface area contributed by atoms with E-state index in [-0.39, 0.29) is 5.91 Å². The Kier molecular flexibility index (Phi) is 7.41. The van der Waals surface area contributed by atoms with Crippen LogP contribution < -0.4 is 10.2 Å². The number of ether oxygens (including phenoxy) is 2. The first kappa shape index (κ1) is 20.6. The summed E-state index contributed by atoms with van der Waals surface area (Å²) in [4.78, 5) is 17.0. The molecule has 0 radical (unpaired) electrons. The number of benzene rings is 1. The van der Waals surface area contributed by atoms with Crippen LogP contribution in [0.3, 0.4) is 0 Å². The molecule has 2 heterocycles. The van der Waals surface area contributed by atoms with Gasteiger partial charge in [0.1, 0.15) is 0 Å². The molecule has 2 aliphatic heterocycles. The minimum atomic E-state index is 0.0655. The van der Waals surface area contributed by atoms with E-state index >= 15 is 0 Å². The highest BCUT2D eigenvalue weighted by Crippen LogP contribution is 2.25. The van der Waals surface area contributed by atoms with Crippen molar-refractivity contribution in [1.29, 1.82) is 0 Å². The summed E-state index contributed by atoms with van der Waals surface area (Å²) in [5, 5.41) is 3.04. The maximum Gasteiger partial charge on any atom is 0.238 e. The molecule has 6 nitrogen and oxygen atoms in total. The number of anilines is 2. The second kappa shape index (κ2) is 10.4. The Bertz CT molecular complexity index is 631. The highest BCUT2D eigenvalue weighted by Gasteiger charge is 2.24. The van der Waals surface area contributed by atoms with Gasteiger partial charge in [0.25, 0.3) is 0 Å². The van der Waals surface area contributed by atoms with Gasteiger partial charge in [-0.2, -0.15) is 0 Å². The van der Waals surface area contributed by atoms with Crippen molar-refractivity contribution in [1.82, 2.24) is 4.90 Å². The number of amides is 1. The highest BCUT2D eigenvalue weighted by atomic mass is 16.5. The van der Waals surface area contributed by atoms with E-state index in [9.17, 15) is 4.79 Å². The first-order chi connectivity index (χ1) is 14.3. The smallest absolute Gasteiger partial charge is 0.238 e. The fraction of sp³-hybridized carbons (Fsp3) is 0.696. The van der Waals surface area contributed by atoms with E-state index in [0.29, 0.717) is 18.8 Å². The van der Waals surface area contributed by atoms with Crippen molar-refractivity contribution in [3.8, 4) is 0 Å². The van der Waals surface area contributed by atoms with E-state index in [0.717, 1.165) is 57.9 Å². The molecule has 1 aliphatic carbocycles. The molecule has 1 aromatic rings. The predicted molar refractivity (Wildman–Crippen MR) is 116 cm³/mol. The molecule has 1 saturated carbocycles. The number of hydrogen-bond donors (Lipinski definition) is 1. The van der Waals surface area contributed by atoms with Crippen molar-refractivity contribution in [2.75, 3.05) is 56.2 Å². The van der Waals surface area contributed by atoms with Crippen LogP contribution in [-0.4, -0.2) is 69.0 Å². The van der Waals surface area contributed by atoms with Gasteiger partial charge in [-0.15, -0.1) is 0 Å². The Labute approximate surface area is 174 Å². The number of hydrogen-bond acceptors (Lipinski definition) is 5. The molecule has 0 aromatic heterocycles. The molecule has 29 heavy (non-hydrogen) atoms. The number of likely N-dealkylation sites (tertiary alicyclic amines) is 1. The lowest BCUT2D eigenvalue weighted by Crippen LogP contribution is -2.42. The van der Waals surface area contributed by atoms with E-state index in [4.69, 9.17) is 9.47 Å². The standard InChI is InChI=1S/C23H35N3O3/c27-23(24-19-6-8-20(9-7-19)26-14-16-28-17-15-26)18-25-12-10-22(11-13-25)29-21-4-2-1-3-5-21/h6-9,21-22H,1-5,10-18H2,(H,24,27). The maximum atomic E-state index is 12.5. The van der Waals surface area contributed by atoms with Gasteiger partial charge in [0.2, 0.25) is 5.91 Å². The number of morpholine rings is 1. The molecule has 0 spiro atoms. The van der Waals surface area contributed by atoms with Crippen LogP contribution in [-0.2, 0) is 14.3 Å². The monoisotopic (exact) mass is 401 g/mol. The summed E-state index contributed by atoms with van der Waals surface area (Å²) < 4.78 is 11.7. The van der Waals surface area contributed by atoms with Crippen LogP contribution in [0.15, 0.2) is 24.3 Å². The van der Waals surface area contributed by atoms with Crippen molar-refractivity contribution in [3.63, 3.8) is 0 Å². The fourth-order valence-corrected chi connectivity index (χ4v) is 4.66. The summed E-state index contributed by atoms with van der Waals surface area (Å²) in [5.41, 5.74) is 2.05. The Balaban J connectivity index is 1.17. The van der Waals surface area contributed by atoms with Crippen LogP contribution in [0.1, 0.15) is 44.9 Å². The van der Waals surface area contributed by atoms with Crippen LogP contribution in [0.5, 0.6) is 0 Å². The van der Waals surface area contributed by atoms with Crippen LogP contribution in [0.2, 0.25) is 0 Å². The number of carbonyl (C=O) groups excluding carboxylic acids is 1. The summed E-state index contributed by atoms with van der Waals surface area (Å²) in [6, 6.07) is 8.14. The largest absolute Gasteiger partial charge is 0.378 e. The lowest BCUT2D eigenvalue weighted by Gasteiger charge is -2.34. The van der Waals surface area contributed by atoms with Crippen LogP contribution in [0.25, 0.3) is 0 Å². The van der Waals surface area contributed by atoms with Gasteiger partial charge in [0, 0.05) is 37.6 Å². The van der Waals surface area contributed by atoms with Gasteiger partial charge in [-0.3, -0.25) is 9.69 Å². The van der Waals surface area contributed by atoms with Crippen LogP contribution in [0.4, 0.5) is 11.4 Å². The predicted octanol–water partition coefficient (Wildman–Crippen LogP) is 3.28. The van der Waals surface area contributed by atoms with Crippen LogP contribution in [0, 0.1) is 0 Å². The van der Waals surface area contributed by atoms with Gasteiger partial charge >= 0.3 is 0 Å². The Morgan fingerprint density at radius 1 is 0.931 bits per heavy atom. The minimum Gasteiger partial charge on any atom is -0.378 e. The normalized spacial score (nSPS) is 22.6. The lowest BCUT2D eigenvalue weighted by atomic mass is 9.97. The third-order valence-corrected chi connectivity index (χ3v) is 6.37. The number of nitrogens with zero attached hydrogens (tertiary/aromatic N) is 2. The van der Waals surface area contributed by atoms with Gasteiger partial charge in [0.15, 0.2) is 0 Å². The lowest BCUT2D eigenvalue weighted by molar-refractivity contribution is -0.118. The van der Waals surface area contributed by atoms with E-state index in [2.05, 4.69) is 27.2 Å². The number of piperidine rings is 1. The number of rotatable bonds is 6. The Morgan fingerprint density at radius 3 is 2.28 bits per heavy atom. The van der Waals surface area contributed by atoms with Gasteiger partial charge in [-0.25, -0.2) is 0 Å². The number of nitrogens with one attached hydrogen (secondary N) is 1. The zero-order chi connectivity index (χ0) is 19.9. The van der Waals surface area contributed by atoms with Gasteiger partial charge < -0.3 is 19.7 Å². The second-order valence-corrected chi connectivity index (χ2v) is 8.57. The van der Waals surface area contributed by atoms with Crippen molar-refractivity contribution < 1.29 is 14.3 Å². The molecule has 0 atom stereocenters. The topological polar surface area (TPSA) is 54.0 Å². The average molecular weight is 402 g/mol. The van der Waals surface area contributed by atoms with Crippen LogP contribution >= 0.6 is 0 Å². The molecule has 3 fully saturated rings. The molecular formula is C23H35N3O3. The first-order valence-corrected chi connectivity index (χ1v) is 11.4. The quantitative estimate of drug-likeness (QED) is 0.793. The summed E-state index contributed by atoms with van der Waals surface area (Å²) in [6.07, 6.45) is 9.39. The van der Waals surface area contributed by atoms with E-state index in [1.54, 1.807) is 0 Å². The molecule has 2 saturated heterocycles. The average Bonchev–Trinajstić information content (AvgIpc) is 2.77. The minimum absolute atomic E-state index is 0.0655. The van der Waals surface area contributed by atoms with Gasteiger partial charge in [-0.05, 0) is 49.9 Å². The maximum absolute atomic E-state index is 12.5. The summed E-state index contributed by atoms with van der Waals surface area (Å²) in [5.74, 6) is 0.0655. The Hall–Kier alpha value is -1.63. The van der Waals surface area contributed by atoms with E-state index < -0.39 is 0 Å². The molecule has 160 valence electrons. The third kappa shape index (κ3) is 6.17. The second-order valence-electron chi connectivity index (χ2n) is 8.57. The molecule has 3 aliphatic rings. The molecule has 1 aromatic carbocycles. The van der Waals surface area contributed by atoms with Gasteiger partial charge in [0.05, 0.1) is 32.0 Å². The molecule has 1 amide bonds. The van der Waals surface area contributed by atoms with Crippen molar-refractivity contribution >= 4 is 17.3 Å². The molecule has 0 unspecified atom stereocenters. The zero-order valence-electron chi connectivity index (χ0n) is 17.5.